The number of allylic oxidation sites excluding steroid dienone is 1. The average Bonchev–Trinajstić information content (AvgIpc) is 3.06. The highest BCUT2D eigenvalue weighted by Gasteiger charge is 2.11. The van der Waals surface area contributed by atoms with Gasteiger partial charge in [-0.05, 0) is 45.9 Å². The highest BCUT2D eigenvalue weighted by Crippen LogP contribution is 2.13. The maximum atomic E-state index is 12.2. The Morgan fingerprint density at radius 2 is 1.83 bits per heavy atom. The highest BCUT2D eigenvalue weighted by molar-refractivity contribution is 6.06. The van der Waals surface area contributed by atoms with E-state index in [1.807, 2.05) is 24.3 Å². The molecular weight excluding hydrogens is 308 g/mol. The lowest BCUT2D eigenvalue weighted by Crippen LogP contribution is -2.32. The van der Waals surface area contributed by atoms with Gasteiger partial charge >= 0.3 is 5.63 Å². The second-order valence-corrected chi connectivity index (χ2v) is 5.03. The second kappa shape index (κ2) is 6.78. The fourth-order valence-corrected chi connectivity index (χ4v) is 2.15. The lowest BCUT2D eigenvalue weighted by Gasteiger charge is -1.99. The molecule has 3 rings (SSSR count). The van der Waals surface area contributed by atoms with Crippen LogP contribution in [0.3, 0.4) is 0 Å². The van der Waals surface area contributed by atoms with E-state index in [4.69, 9.17) is 4.74 Å². The SMILES string of the molecule is COc1ccc(/C=C/C(=O)c2ccc(-[n+]3cc(=O)o[nH]3)cc2)cc1. The van der Waals surface area contributed by atoms with Gasteiger partial charge in [-0.25, -0.2) is 4.79 Å². The number of methoxy groups -OCH3 is 1. The van der Waals surface area contributed by atoms with E-state index in [1.54, 1.807) is 37.5 Å². The summed E-state index contributed by atoms with van der Waals surface area (Å²) >= 11 is 0. The van der Waals surface area contributed by atoms with Crippen LogP contribution in [0.4, 0.5) is 0 Å². The maximum absolute atomic E-state index is 12.2. The van der Waals surface area contributed by atoms with Crippen molar-refractivity contribution in [2.45, 2.75) is 0 Å². The highest BCUT2D eigenvalue weighted by atomic mass is 16.5. The third-order valence-corrected chi connectivity index (χ3v) is 3.45. The Labute approximate surface area is 137 Å². The van der Waals surface area contributed by atoms with Crippen molar-refractivity contribution in [2.75, 3.05) is 7.11 Å². The predicted octanol–water partition coefficient (Wildman–Crippen LogP) is 2.15. The standard InChI is InChI=1S/C18H14N2O4/c1-23-16-9-2-13(3-10-16)4-11-17(21)14-5-7-15(8-6-14)20-12-18(22)24-19-20/h2-12H,1H3/p+1/b11-4+. The molecule has 3 aromatic rings. The van der Waals surface area contributed by atoms with E-state index in [1.165, 1.54) is 17.0 Å². The van der Waals surface area contributed by atoms with Gasteiger partial charge in [0.1, 0.15) is 5.75 Å². The number of ether oxygens (including phenoxy) is 1. The van der Waals surface area contributed by atoms with Crippen LogP contribution in [0.2, 0.25) is 0 Å². The molecule has 24 heavy (non-hydrogen) atoms. The summed E-state index contributed by atoms with van der Waals surface area (Å²) in [7, 11) is 1.61. The van der Waals surface area contributed by atoms with Crippen LogP contribution >= 0.6 is 0 Å². The first-order chi connectivity index (χ1) is 11.7. The Balaban J connectivity index is 1.72. The van der Waals surface area contributed by atoms with Crippen molar-refractivity contribution in [3.8, 4) is 11.4 Å². The van der Waals surface area contributed by atoms with Gasteiger partial charge in [-0.1, -0.05) is 18.2 Å². The molecule has 0 radical (unpaired) electrons. The largest absolute Gasteiger partial charge is 0.497 e. The molecule has 1 aromatic heterocycles. The van der Waals surface area contributed by atoms with Gasteiger partial charge in [0, 0.05) is 17.7 Å². The molecule has 1 heterocycles. The summed E-state index contributed by atoms with van der Waals surface area (Å²) in [6, 6.07) is 14.2. The van der Waals surface area contributed by atoms with Gasteiger partial charge in [-0.15, -0.1) is 0 Å². The van der Waals surface area contributed by atoms with Crippen LogP contribution in [0.25, 0.3) is 11.8 Å². The van der Waals surface area contributed by atoms with Crippen molar-refractivity contribution < 1.29 is 18.7 Å². The summed E-state index contributed by atoms with van der Waals surface area (Å²) in [5.74, 6) is 0.659. The molecule has 0 aliphatic heterocycles. The number of hydrogen-bond donors (Lipinski definition) is 1. The molecule has 2 aromatic carbocycles. The smallest absolute Gasteiger partial charge is 0.427 e. The minimum absolute atomic E-state index is 0.108. The summed E-state index contributed by atoms with van der Waals surface area (Å²) in [4.78, 5) is 23.2. The molecule has 0 unspecified atom stereocenters. The molecule has 0 spiro atoms. The van der Waals surface area contributed by atoms with Crippen LogP contribution in [-0.2, 0) is 0 Å². The molecule has 6 heteroatoms. The Morgan fingerprint density at radius 3 is 2.42 bits per heavy atom. The minimum Gasteiger partial charge on any atom is -0.497 e. The zero-order chi connectivity index (χ0) is 16.9. The van der Waals surface area contributed by atoms with E-state index in [2.05, 4.69) is 9.79 Å². The number of nitrogens with one attached hydrogen (secondary N) is 1. The summed E-state index contributed by atoms with van der Waals surface area (Å²) in [5.41, 5.74) is 1.68. The lowest BCUT2D eigenvalue weighted by atomic mass is 10.1. The van der Waals surface area contributed by atoms with E-state index >= 15 is 0 Å². The van der Waals surface area contributed by atoms with Crippen LogP contribution in [0.1, 0.15) is 15.9 Å². The molecule has 0 fully saturated rings. The summed E-state index contributed by atoms with van der Waals surface area (Å²) < 4.78 is 11.1. The van der Waals surface area contributed by atoms with Gasteiger partial charge in [0.2, 0.25) is 5.69 Å². The number of aromatic amines is 1. The lowest BCUT2D eigenvalue weighted by molar-refractivity contribution is -0.670. The molecule has 0 saturated carbocycles. The Morgan fingerprint density at radius 1 is 1.12 bits per heavy atom. The number of rotatable bonds is 5. The first-order valence-corrected chi connectivity index (χ1v) is 7.23. The number of carbonyl (C=O) groups is 1. The Bertz CT molecular complexity index is 919. The van der Waals surface area contributed by atoms with Crippen LogP contribution in [0, 0.1) is 0 Å². The first kappa shape index (κ1) is 15.5. The number of nitrogens with zero attached hydrogens (tertiary/aromatic N) is 1. The molecule has 1 N–H and O–H groups in total. The minimum atomic E-state index is -0.474. The quantitative estimate of drug-likeness (QED) is 0.443. The number of carbonyl (C=O) groups excluding carboxylic acids is 1. The van der Waals surface area contributed by atoms with Crippen LogP contribution in [0.15, 0.2) is 70.1 Å². The van der Waals surface area contributed by atoms with Crippen molar-refractivity contribution in [1.29, 1.82) is 0 Å². The molecule has 0 amide bonds. The maximum Gasteiger partial charge on any atom is 0.427 e. The fourth-order valence-electron chi connectivity index (χ4n) is 2.15. The van der Waals surface area contributed by atoms with Crippen molar-refractivity contribution in [2.24, 2.45) is 0 Å². The zero-order valence-corrected chi connectivity index (χ0v) is 12.9. The van der Waals surface area contributed by atoms with Crippen molar-refractivity contribution in [1.82, 2.24) is 5.27 Å². The van der Waals surface area contributed by atoms with E-state index in [0.29, 0.717) is 11.3 Å². The van der Waals surface area contributed by atoms with Gasteiger partial charge in [0.15, 0.2) is 5.78 Å². The Hall–Kier alpha value is -3.41. The topological polar surface area (TPSA) is 76.2 Å². The zero-order valence-electron chi connectivity index (χ0n) is 12.9. The normalized spacial score (nSPS) is 10.9. The van der Waals surface area contributed by atoms with Gasteiger partial charge in [-0.3, -0.25) is 9.32 Å². The number of hydrogen-bond acceptors (Lipinski definition) is 4. The van der Waals surface area contributed by atoms with Gasteiger partial charge in [0.05, 0.1) is 7.11 Å². The predicted molar refractivity (Wildman–Crippen MR) is 87.2 cm³/mol. The molecule has 0 atom stereocenters. The number of H-pyrrole nitrogens is 1. The van der Waals surface area contributed by atoms with Crippen molar-refractivity contribution >= 4 is 11.9 Å². The third kappa shape index (κ3) is 3.49. The van der Waals surface area contributed by atoms with Gasteiger partial charge in [-0.2, -0.15) is 0 Å². The van der Waals surface area contributed by atoms with Crippen molar-refractivity contribution in [3.63, 3.8) is 0 Å². The number of benzene rings is 2. The van der Waals surface area contributed by atoms with Crippen molar-refractivity contribution in [3.05, 3.63) is 82.4 Å². The molecule has 6 nitrogen and oxygen atoms in total. The summed E-state index contributed by atoms with van der Waals surface area (Å²) in [5, 5.41) is 2.45. The van der Waals surface area contributed by atoms with E-state index < -0.39 is 5.63 Å². The molecule has 0 aliphatic carbocycles. The number of aromatic nitrogens is 2. The summed E-state index contributed by atoms with van der Waals surface area (Å²) in [6.07, 6.45) is 4.54. The van der Waals surface area contributed by atoms with Crippen LogP contribution < -0.4 is 15.0 Å². The first-order valence-electron chi connectivity index (χ1n) is 7.23. The number of ketones is 1. The van der Waals surface area contributed by atoms with Gasteiger partial charge in [0.25, 0.3) is 6.20 Å². The molecule has 0 bridgehead atoms. The molecule has 0 saturated heterocycles. The average molecular weight is 323 g/mol. The van der Waals surface area contributed by atoms with E-state index in [9.17, 15) is 9.59 Å². The molecule has 120 valence electrons. The van der Waals surface area contributed by atoms with Crippen LogP contribution in [-0.4, -0.2) is 18.2 Å². The molecular formula is C18H15N2O4+. The van der Waals surface area contributed by atoms with Crippen LogP contribution in [0.5, 0.6) is 5.75 Å². The molecule has 0 aliphatic rings. The Kier molecular flexibility index (Phi) is 4.38. The summed E-state index contributed by atoms with van der Waals surface area (Å²) in [6.45, 7) is 0. The van der Waals surface area contributed by atoms with Gasteiger partial charge < -0.3 is 4.74 Å². The second-order valence-electron chi connectivity index (χ2n) is 5.03. The third-order valence-electron chi connectivity index (χ3n) is 3.45. The monoisotopic (exact) mass is 323 g/mol. The van der Waals surface area contributed by atoms with E-state index in [-0.39, 0.29) is 5.78 Å². The van der Waals surface area contributed by atoms with E-state index in [0.717, 1.165) is 11.3 Å². The fraction of sp³-hybridized carbons (Fsp3) is 0.0556.